The largest absolute Gasteiger partial charge is 0.480 e. The number of carboxylic acids is 1. The molecule has 2 saturated carbocycles. The van der Waals surface area contributed by atoms with Crippen molar-refractivity contribution in [3.8, 4) is 0 Å². The number of hydrogen-bond donors (Lipinski definition) is 3. The third-order valence-electron chi connectivity index (χ3n) is 5.06. The molecular weight excluding hydrogens is 268 g/mol. The van der Waals surface area contributed by atoms with Crippen molar-refractivity contribution < 1.29 is 14.7 Å². The van der Waals surface area contributed by atoms with Crippen LogP contribution in [0.5, 0.6) is 0 Å². The summed E-state index contributed by atoms with van der Waals surface area (Å²) in [4.78, 5) is 23.8. The molecule has 0 heterocycles. The van der Waals surface area contributed by atoms with Gasteiger partial charge in [0.15, 0.2) is 0 Å². The lowest BCUT2D eigenvalue weighted by atomic mass is 9.82. The first-order valence-electron chi connectivity index (χ1n) is 8.34. The number of aliphatic carboxylic acids is 1. The molecule has 0 aromatic carbocycles. The van der Waals surface area contributed by atoms with Gasteiger partial charge in [-0.15, -0.1) is 0 Å². The summed E-state index contributed by atoms with van der Waals surface area (Å²) in [7, 11) is 0. The minimum Gasteiger partial charge on any atom is -0.480 e. The SMILES string of the molecule is CC1CCCC(NC(=O)NC2(C(=O)O)CCCCC2)CC1. The molecule has 120 valence electrons. The molecule has 0 bridgehead atoms. The molecule has 5 nitrogen and oxygen atoms in total. The smallest absolute Gasteiger partial charge is 0.329 e. The van der Waals surface area contributed by atoms with E-state index < -0.39 is 11.5 Å². The summed E-state index contributed by atoms with van der Waals surface area (Å²) in [6.45, 7) is 2.25. The summed E-state index contributed by atoms with van der Waals surface area (Å²) in [5.74, 6) is -0.171. The standard InChI is InChI=1S/C16H28N2O3/c1-12-6-5-7-13(9-8-12)17-15(21)18-16(14(19)20)10-3-2-4-11-16/h12-13H,2-11H2,1H3,(H,19,20)(H2,17,18,21). The average molecular weight is 296 g/mol. The monoisotopic (exact) mass is 296 g/mol. The van der Waals surface area contributed by atoms with Crippen LogP contribution in [-0.4, -0.2) is 28.7 Å². The van der Waals surface area contributed by atoms with Gasteiger partial charge in [0.1, 0.15) is 5.54 Å². The second-order valence-electron chi connectivity index (χ2n) is 6.86. The summed E-state index contributed by atoms with van der Waals surface area (Å²) in [5, 5.41) is 15.2. The maximum Gasteiger partial charge on any atom is 0.329 e. The topological polar surface area (TPSA) is 78.4 Å². The van der Waals surface area contributed by atoms with Crippen molar-refractivity contribution in [1.29, 1.82) is 0 Å². The number of carbonyl (C=O) groups excluding carboxylic acids is 1. The molecule has 2 rings (SSSR count). The Morgan fingerprint density at radius 3 is 2.38 bits per heavy atom. The van der Waals surface area contributed by atoms with E-state index in [4.69, 9.17) is 0 Å². The molecule has 0 aromatic rings. The Kier molecular flexibility index (Phi) is 5.48. The van der Waals surface area contributed by atoms with Crippen molar-refractivity contribution in [3.63, 3.8) is 0 Å². The molecule has 0 aromatic heterocycles. The Hall–Kier alpha value is -1.26. The Labute approximate surface area is 126 Å². The Morgan fingerprint density at radius 2 is 1.71 bits per heavy atom. The molecule has 2 amide bonds. The summed E-state index contributed by atoms with van der Waals surface area (Å²) >= 11 is 0. The van der Waals surface area contributed by atoms with E-state index in [0.29, 0.717) is 12.8 Å². The van der Waals surface area contributed by atoms with Crippen LogP contribution in [-0.2, 0) is 4.79 Å². The zero-order valence-electron chi connectivity index (χ0n) is 13.0. The molecule has 0 saturated heterocycles. The van der Waals surface area contributed by atoms with Crippen LogP contribution in [0, 0.1) is 5.92 Å². The zero-order chi connectivity index (χ0) is 15.3. The van der Waals surface area contributed by atoms with Gasteiger partial charge >= 0.3 is 12.0 Å². The van der Waals surface area contributed by atoms with Gasteiger partial charge in [0.25, 0.3) is 0 Å². The fourth-order valence-electron chi connectivity index (χ4n) is 3.62. The highest BCUT2D eigenvalue weighted by atomic mass is 16.4. The molecule has 2 atom stereocenters. The van der Waals surface area contributed by atoms with Crippen LogP contribution in [0.3, 0.4) is 0 Å². The Balaban J connectivity index is 1.88. The van der Waals surface area contributed by atoms with Crippen molar-refractivity contribution in [2.75, 3.05) is 0 Å². The fourth-order valence-corrected chi connectivity index (χ4v) is 3.62. The third kappa shape index (κ3) is 4.35. The highest BCUT2D eigenvalue weighted by Crippen LogP contribution is 2.28. The fraction of sp³-hybridized carbons (Fsp3) is 0.875. The summed E-state index contributed by atoms with van der Waals surface area (Å²) in [6.07, 6.45) is 9.35. The van der Waals surface area contributed by atoms with E-state index in [2.05, 4.69) is 17.6 Å². The van der Waals surface area contributed by atoms with Crippen molar-refractivity contribution >= 4 is 12.0 Å². The average Bonchev–Trinajstić information content (AvgIpc) is 2.64. The predicted octanol–water partition coefficient (Wildman–Crippen LogP) is 3.04. The van der Waals surface area contributed by atoms with E-state index in [9.17, 15) is 14.7 Å². The van der Waals surface area contributed by atoms with Gasteiger partial charge < -0.3 is 15.7 Å². The lowest BCUT2D eigenvalue weighted by molar-refractivity contribution is -0.145. The number of urea groups is 1. The van der Waals surface area contributed by atoms with E-state index >= 15 is 0 Å². The van der Waals surface area contributed by atoms with Crippen LogP contribution < -0.4 is 10.6 Å². The molecule has 2 aliphatic rings. The molecule has 0 spiro atoms. The predicted molar refractivity (Wildman–Crippen MR) is 81.2 cm³/mol. The van der Waals surface area contributed by atoms with Crippen LogP contribution >= 0.6 is 0 Å². The first-order valence-corrected chi connectivity index (χ1v) is 8.34. The zero-order valence-corrected chi connectivity index (χ0v) is 13.0. The Bertz CT molecular complexity index is 378. The van der Waals surface area contributed by atoms with Crippen LogP contribution in [0.4, 0.5) is 4.79 Å². The van der Waals surface area contributed by atoms with Gasteiger partial charge in [-0.25, -0.2) is 9.59 Å². The first-order chi connectivity index (χ1) is 10.0. The second kappa shape index (κ2) is 7.14. The highest BCUT2D eigenvalue weighted by Gasteiger charge is 2.41. The second-order valence-corrected chi connectivity index (χ2v) is 6.86. The van der Waals surface area contributed by atoms with Crippen LogP contribution in [0.15, 0.2) is 0 Å². The number of carbonyl (C=O) groups is 2. The first kappa shape index (κ1) is 16.1. The lowest BCUT2D eigenvalue weighted by Crippen LogP contribution is -2.59. The van der Waals surface area contributed by atoms with Gasteiger partial charge in [-0.1, -0.05) is 39.0 Å². The lowest BCUT2D eigenvalue weighted by Gasteiger charge is -2.34. The van der Waals surface area contributed by atoms with Gasteiger partial charge in [0, 0.05) is 6.04 Å². The van der Waals surface area contributed by atoms with E-state index in [0.717, 1.165) is 50.9 Å². The van der Waals surface area contributed by atoms with Crippen molar-refractivity contribution in [2.24, 2.45) is 5.92 Å². The summed E-state index contributed by atoms with van der Waals surface area (Å²) in [5.41, 5.74) is -1.06. The molecule has 0 aliphatic heterocycles. The summed E-state index contributed by atoms with van der Waals surface area (Å²) < 4.78 is 0. The normalized spacial score (nSPS) is 29.2. The molecule has 2 aliphatic carbocycles. The molecule has 3 N–H and O–H groups in total. The third-order valence-corrected chi connectivity index (χ3v) is 5.06. The van der Waals surface area contributed by atoms with Gasteiger partial charge in [0.2, 0.25) is 0 Å². The van der Waals surface area contributed by atoms with E-state index in [1.807, 2.05) is 0 Å². The van der Waals surface area contributed by atoms with Gasteiger partial charge in [0.05, 0.1) is 0 Å². The molecular formula is C16H28N2O3. The van der Waals surface area contributed by atoms with E-state index in [1.165, 1.54) is 6.42 Å². The minimum absolute atomic E-state index is 0.185. The van der Waals surface area contributed by atoms with Gasteiger partial charge in [-0.2, -0.15) is 0 Å². The number of carboxylic acid groups (broad SMARTS) is 1. The van der Waals surface area contributed by atoms with Gasteiger partial charge in [-0.3, -0.25) is 0 Å². The van der Waals surface area contributed by atoms with Crippen LogP contribution in [0.25, 0.3) is 0 Å². The summed E-state index contributed by atoms with van der Waals surface area (Å²) in [6, 6.07) is -0.122. The quantitative estimate of drug-likeness (QED) is 0.700. The maximum absolute atomic E-state index is 12.2. The molecule has 21 heavy (non-hydrogen) atoms. The van der Waals surface area contributed by atoms with Crippen LogP contribution in [0.2, 0.25) is 0 Å². The number of nitrogens with one attached hydrogen (secondary N) is 2. The van der Waals surface area contributed by atoms with E-state index in [1.54, 1.807) is 0 Å². The molecule has 5 heteroatoms. The van der Waals surface area contributed by atoms with Crippen molar-refractivity contribution in [2.45, 2.75) is 82.7 Å². The van der Waals surface area contributed by atoms with Crippen molar-refractivity contribution in [1.82, 2.24) is 10.6 Å². The van der Waals surface area contributed by atoms with E-state index in [-0.39, 0.29) is 12.1 Å². The number of rotatable bonds is 3. The number of amides is 2. The minimum atomic E-state index is -1.06. The van der Waals surface area contributed by atoms with Crippen molar-refractivity contribution in [3.05, 3.63) is 0 Å². The maximum atomic E-state index is 12.2. The number of hydrogen-bond acceptors (Lipinski definition) is 2. The molecule has 2 fully saturated rings. The van der Waals surface area contributed by atoms with Crippen LogP contribution in [0.1, 0.15) is 71.1 Å². The van der Waals surface area contributed by atoms with Gasteiger partial charge in [-0.05, 0) is 38.0 Å². The highest BCUT2D eigenvalue weighted by molar-refractivity contribution is 5.86. The Morgan fingerprint density at radius 1 is 1.00 bits per heavy atom. The molecule has 0 radical (unpaired) electrons. The molecule has 2 unspecified atom stereocenters.